The summed E-state index contributed by atoms with van der Waals surface area (Å²) in [5, 5.41) is 7.99. The lowest BCUT2D eigenvalue weighted by Gasteiger charge is -2.30. The molecule has 0 aliphatic carbocycles. The number of hydrazone groups is 1. The molecule has 3 heterocycles. The van der Waals surface area contributed by atoms with E-state index in [2.05, 4.69) is 59.9 Å². The lowest BCUT2D eigenvalue weighted by molar-refractivity contribution is -0.132. The number of rotatable bonds is 12. The van der Waals surface area contributed by atoms with Gasteiger partial charge < -0.3 is 10.6 Å². The highest BCUT2D eigenvalue weighted by Gasteiger charge is 2.36. The first kappa shape index (κ1) is 31.1. The number of nitrogen functional groups attached to an aromatic ring is 1. The van der Waals surface area contributed by atoms with Gasteiger partial charge in [-0.25, -0.2) is 4.98 Å². The topological polar surface area (TPSA) is 130 Å². The van der Waals surface area contributed by atoms with E-state index in [0.29, 0.717) is 23.3 Å². The summed E-state index contributed by atoms with van der Waals surface area (Å²) in [6.07, 6.45) is 11.2. The highest BCUT2D eigenvalue weighted by atomic mass is 16.2. The third-order valence-corrected chi connectivity index (χ3v) is 7.97. The number of Topliss-reactive ketones (excluding diaryl/α,β-unsaturated/α-hetero) is 1. The number of hydrogen-bond donors (Lipinski definition) is 2. The molecule has 0 saturated carbocycles. The van der Waals surface area contributed by atoms with E-state index in [1.165, 1.54) is 17.8 Å². The van der Waals surface area contributed by atoms with Crippen molar-refractivity contribution in [1.82, 2.24) is 24.9 Å². The number of nitrogens with two attached hydrogens (primary N) is 1. The minimum Gasteiger partial charge on any atom is -0.383 e. The molecular weight excluding hydrogens is 540 g/mol. The van der Waals surface area contributed by atoms with Crippen LogP contribution in [0.4, 0.5) is 5.82 Å². The third kappa shape index (κ3) is 6.80. The normalized spacial score (nSPS) is 18.3. The molecule has 3 unspecified atom stereocenters. The van der Waals surface area contributed by atoms with Crippen LogP contribution in [0.5, 0.6) is 0 Å². The quantitative estimate of drug-likeness (QED) is 0.0984. The van der Waals surface area contributed by atoms with E-state index in [4.69, 9.17) is 10.7 Å². The van der Waals surface area contributed by atoms with Crippen molar-refractivity contribution < 1.29 is 9.59 Å². The molecule has 43 heavy (non-hydrogen) atoms. The molecule has 0 bridgehead atoms. The standard InChI is InChI=1S/C33H40N8O2/c1-7-25(15-13-21(2)26-11-9-8-10-12-26)28-18-38-41-32(34)30(24(5)42)31(39-33(28)41)22(3)17-27-16-14-23(4)40(27)29(43)19-36-20-37-35-6/h7-13,15,18,20,22-23,27H,1,6,14,16-17,19,34H2,2-5H3,(H,36,37)/b21-13+,25-15+. The summed E-state index contributed by atoms with van der Waals surface area (Å²) < 4.78 is 1.52. The Labute approximate surface area is 252 Å². The van der Waals surface area contributed by atoms with E-state index < -0.39 is 0 Å². The first-order valence-corrected chi connectivity index (χ1v) is 14.4. The van der Waals surface area contributed by atoms with Crippen molar-refractivity contribution in [3.63, 3.8) is 0 Å². The Hall–Kier alpha value is -4.86. The number of ketones is 1. The number of benzene rings is 1. The van der Waals surface area contributed by atoms with Crippen LogP contribution >= 0.6 is 0 Å². The number of carbonyl (C=O) groups excluding carboxylic acids is 2. The second kappa shape index (κ2) is 13.9. The Bertz CT molecular complexity index is 1600. The first-order chi connectivity index (χ1) is 20.7. The zero-order valence-electron chi connectivity index (χ0n) is 25.3. The van der Waals surface area contributed by atoms with Gasteiger partial charge in [0, 0.05) is 30.3 Å². The molecule has 1 amide bonds. The van der Waals surface area contributed by atoms with Gasteiger partial charge in [-0.05, 0) is 56.7 Å². The Kier molecular flexibility index (Phi) is 10.0. The fourth-order valence-corrected chi connectivity index (χ4v) is 5.79. The number of anilines is 1. The summed E-state index contributed by atoms with van der Waals surface area (Å²) in [7, 11) is 0. The van der Waals surface area contributed by atoms with Crippen molar-refractivity contribution >= 4 is 47.4 Å². The van der Waals surface area contributed by atoms with Crippen molar-refractivity contribution in [3.8, 4) is 0 Å². The van der Waals surface area contributed by atoms with E-state index in [1.54, 1.807) is 12.3 Å². The SMILES string of the molecule is C=C/C(=C\C=C(/C)c1ccccc1)c1cnn2c(N)c(C(C)=O)c(C(C)CC3CCC(C)N3C(=O)CN=CNN=C)nc12. The average Bonchev–Trinajstić information content (AvgIpc) is 3.59. The Morgan fingerprint density at radius 2 is 1.95 bits per heavy atom. The van der Waals surface area contributed by atoms with Gasteiger partial charge in [-0.3, -0.25) is 20.0 Å². The number of hydrogen-bond acceptors (Lipinski definition) is 7. The number of aliphatic imine (C=N–C) groups is 1. The molecule has 1 saturated heterocycles. The molecule has 0 spiro atoms. The number of fused-ring (bicyclic) bond motifs is 1. The number of likely N-dealkylation sites (tertiary alicyclic amines) is 1. The molecule has 2 aromatic heterocycles. The van der Waals surface area contributed by atoms with Crippen LogP contribution in [-0.2, 0) is 4.79 Å². The highest BCUT2D eigenvalue weighted by molar-refractivity contribution is 6.00. The summed E-state index contributed by atoms with van der Waals surface area (Å²) in [4.78, 5) is 37.0. The summed E-state index contributed by atoms with van der Waals surface area (Å²) >= 11 is 0. The van der Waals surface area contributed by atoms with E-state index >= 15 is 0 Å². The van der Waals surface area contributed by atoms with Crippen LogP contribution in [0.25, 0.3) is 16.8 Å². The number of aromatic nitrogens is 3. The molecule has 10 nitrogen and oxygen atoms in total. The van der Waals surface area contributed by atoms with Crippen LogP contribution in [0.1, 0.15) is 80.1 Å². The second-order valence-corrected chi connectivity index (χ2v) is 10.9. The van der Waals surface area contributed by atoms with E-state index in [9.17, 15) is 9.59 Å². The fraction of sp³-hybridized carbons (Fsp3) is 0.333. The molecule has 3 N–H and O–H groups in total. The van der Waals surface area contributed by atoms with E-state index in [0.717, 1.165) is 35.1 Å². The maximum Gasteiger partial charge on any atom is 0.244 e. The van der Waals surface area contributed by atoms with Gasteiger partial charge >= 0.3 is 0 Å². The fourth-order valence-electron chi connectivity index (χ4n) is 5.79. The smallest absolute Gasteiger partial charge is 0.244 e. The summed E-state index contributed by atoms with van der Waals surface area (Å²) in [6, 6.07) is 10.2. The molecular formula is C33H40N8O2. The lowest BCUT2D eigenvalue weighted by atomic mass is 9.92. The lowest BCUT2D eigenvalue weighted by Crippen LogP contribution is -2.42. The van der Waals surface area contributed by atoms with Gasteiger partial charge in [0.25, 0.3) is 0 Å². The molecule has 1 aromatic carbocycles. The average molecular weight is 581 g/mol. The van der Waals surface area contributed by atoms with Gasteiger partial charge in [-0.15, -0.1) is 0 Å². The van der Waals surface area contributed by atoms with Crippen molar-refractivity contribution in [2.24, 2.45) is 10.1 Å². The molecule has 224 valence electrons. The Morgan fingerprint density at radius 3 is 2.63 bits per heavy atom. The molecule has 1 fully saturated rings. The zero-order valence-corrected chi connectivity index (χ0v) is 25.3. The van der Waals surface area contributed by atoms with Gasteiger partial charge in [0.05, 0.1) is 17.5 Å². The predicted molar refractivity (Wildman–Crippen MR) is 174 cm³/mol. The largest absolute Gasteiger partial charge is 0.383 e. The van der Waals surface area contributed by atoms with Crippen molar-refractivity contribution in [1.29, 1.82) is 0 Å². The molecule has 3 atom stereocenters. The van der Waals surface area contributed by atoms with Gasteiger partial charge in [0.1, 0.15) is 18.7 Å². The van der Waals surface area contributed by atoms with E-state index in [1.807, 2.05) is 42.2 Å². The second-order valence-electron chi connectivity index (χ2n) is 10.9. The number of amides is 1. The minimum atomic E-state index is -0.183. The van der Waals surface area contributed by atoms with Crippen LogP contribution in [-0.4, -0.2) is 62.9 Å². The van der Waals surface area contributed by atoms with Crippen molar-refractivity contribution in [2.75, 3.05) is 12.3 Å². The van der Waals surface area contributed by atoms with Gasteiger partial charge in [0.2, 0.25) is 5.91 Å². The highest BCUT2D eigenvalue weighted by Crippen LogP contribution is 2.35. The zero-order chi connectivity index (χ0) is 31.1. The third-order valence-electron chi connectivity index (χ3n) is 7.97. The predicted octanol–water partition coefficient (Wildman–Crippen LogP) is 5.29. The van der Waals surface area contributed by atoms with Crippen LogP contribution in [0.3, 0.4) is 0 Å². The van der Waals surface area contributed by atoms with Crippen molar-refractivity contribution in [3.05, 3.63) is 83.7 Å². The molecule has 1 aliphatic rings. The van der Waals surface area contributed by atoms with E-state index in [-0.39, 0.29) is 42.1 Å². The molecule has 1 aliphatic heterocycles. The van der Waals surface area contributed by atoms with Crippen LogP contribution in [0.15, 0.2) is 71.4 Å². The minimum absolute atomic E-state index is 0.0155. The van der Waals surface area contributed by atoms with Gasteiger partial charge in [0.15, 0.2) is 11.4 Å². The monoisotopic (exact) mass is 580 g/mol. The van der Waals surface area contributed by atoms with Gasteiger partial charge in [-0.1, -0.05) is 62.1 Å². The number of nitrogens with zero attached hydrogens (tertiary/aromatic N) is 6. The maximum absolute atomic E-state index is 13.1. The first-order valence-electron chi connectivity index (χ1n) is 14.4. The van der Waals surface area contributed by atoms with Crippen LogP contribution < -0.4 is 11.2 Å². The maximum atomic E-state index is 13.1. The molecule has 0 radical (unpaired) electrons. The number of carbonyl (C=O) groups is 2. The van der Waals surface area contributed by atoms with Crippen LogP contribution in [0, 0.1) is 0 Å². The summed E-state index contributed by atoms with van der Waals surface area (Å²) in [5.74, 6) is -0.157. The van der Waals surface area contributed by atoms with Crippen LogP contribution in [0.2, 0.25) is 0 Å². The molecule has 4 rings (SSSR count). The Morgan fingerprint density at radius 1 is 1.21 bits per heavy atom. The molecule has 3 aromatic rings. The Balaban J connectivity index is 1.69. The van der Waals surface area contributed by atoms with Gasteiger partial charge in [-0.2, -0.15) is 14.7 Å². The van der Waals surface area contributed by atoms with Crippen molar-refractivity contribution in [2.45, 2.75) is 65.0 Å². The number of nitrogens with one attached hydrogen (secondary N) is 1. The molecule has 10 heteroatoms. The number of allylic oxidation sites excluding steroid dienone is 5. The summed E-state index contributed by atoms with van der Waals surface area (Å²) in [6.45, 7) is 15.0. The summed E-state index contributed by atoms with van der Waals surface area (Å²) in [5.41, 5.74) is 14.4.